The topological polar surface area (TPSA) is 61.7 Å². The van der Waals surface area contributed by atoms with Crippen molar-refractivity contribution >= 4 is 49.4 Å². The number of hydrogen-bond donors (Lipinski definition) is 1. The van der Waals surface area contributed by atoms with Crippen molar-refractivity contribution in [2.45, 2.75) is 6.61 Å². The molecule has 4 nitrogen and oxygen atoms in total. The summed E-state index contributed by atoms with van der Waals surface area (Å²) in [6.45, 7) is 0.470. The summed E-state index contributed by atoms with van der Waals surface area (Å²) in [5.74, 6) is 1.30. The van der Waals surface area contributed by atoms with Crippen LogP contribution in [-0.2, 0) is 6.61 Å². The van der Waals surface area contributed by atoms with Gasteiger partial charge in [-0.15, -0.1) is 0 Å². The van der Waals surface area contributed by atoms with E-state index in [2.05, 4.69) is 56.2 Å². The van der Waals surface area contributed by atoms with Crippen molar-refractivity contribution in [1.82, 2.24) is 9.97 Å². The average Bonchev–Trinajstić information content (AvgIpc) is 3.26. The van der Waals surface area contributed by atoms with Crippen molar-refractivity contribution in [3.05, 3.63) is 106 Å². The maximum Gasteiger partial charge on any atom is 0.149 e. The minimum Gasteiger partial charge on any atom is -0.488 e. The van der Waals surface area contributed by atoms with Crippen LogP contribution in [-0.4, -0.2) is 9.97 Å². The van der Waals surface area contributed by atoms with Gasteiger partial charge < -0.3 is 9.72 Å². The van der Waals surface area contributed by atoms with E-state index in [1.807, 2.05) is 66.7 Å². The molecule has 1 aromatic heterocycles. The zero-order valence-electron chi connectivity index (χ0n) is 17.0. The molecule has 0 fully saturated rings. The zero-order chi connectivity index (χ0) is 21.9. The largest absolute Gasteiger partial charge is 0.488 e. The molecule has 1 heterocycles. The van der Waals surface area contributed by atoms with Crippen molar-refractivity contribution in [1.29, 1.82) is 5.26 Å². The van der Waals surface area contributed by atoms with Crippen LogP contribution >= 0.6 is 15.9 Å². The third-order valence-electron chi connectivity index (χ3n) is 5.29. The summed E-state index contributed by atoms with van der Waals surface area (Å²) in [4.78, 5) is 7.73. The van der Waals surface area contributed by atoms with Gasteiger partial charge in [0.05, 0.1) is 21.1 Å². The summed E-state index contributed by atoms with van der Waals surface area (Å²) >= 11 is 3.61. The van der Waals surface area contributed by atoms with Crippen molar-refractivity contribution in [3.63, 3.8) is 0 Å². The molecular weight excluding hydrogens is 462 g/mol. The van der Waals surface area contributed by atoms with E-state index in [4.69, 9.17) is 4.74 Å². The molecule has 32 heavy (non-hydrogen) atoms. The number of aromatic nitrogens is 2. The fraction of sp³-hybridized carbons (Fsp3) is 0.0370. The van der Waals surface area contributed by atoms with E-state index in [-0.39, 0.29) is 0 Å². The Morgan fingerprint density at radius 3 is 2.66 bits per heavy atom. The number of fused-ring (bicyclic) bond motifs is 2. The van der Waals surface area contributed by atoms with Gasteiger partial charge in [0.1, 0.15) is 24.3 Å². The van der Waals surface area contributed by atoms with Crippen LogP contribution in [0.5, 0.6) is 5.75 Å². The Hall–Kier alpha value is -3.88. The minimum absolute atomic E-state index is 0.470. The first-order chi connectivity index (χ1) is 15.7. The van der Waals surface area contributed by atoms with Gasteiger partial charge in [0, 0.05) is 0 Å². The van der Waals surface area contributed by atoms with Gasteiger partial charge in [0.25, 0.3) is 0 Å². The van der Waals surface area contributed by atoms with Gasteiger partial charge in [0.2, 0.25) is 0 Å². The second-order valence-corrected chi connectivity index (χ2v) is 8.24. The first-order valence-corrected chi connectivity index (χ1v) is 11.0. The van der Waals surface area contributed by atoms with Gasteiger partial charge >= 0.3 is 0 Å². The molecule has 5 aromatic rings. The first kappa shape index (κ1) is 20.0. The predicted octanol–water partition coefficient (Wildman–Crippen LogP) is 7.12. The van der Waals surface area contributed by atoms with E-state index in [1.165, 1.54) is 10.8 Å². The second-order valence-electron chi connectivity index (χ2n) is 7.39. The lowest BCUT2D eigenvalue weighted by Gasteiger charge is -2.11. The molecule has 0 saturated heterocycles. The Labute approximate surface area is 193 Å². The molecule has 0 saturated carbocycles. The maximum atomic E-state index is 9.67. The number of rotatable bonds is 5. The van der Waals surface area contributed by atoms with Crippen LogP contribution in [0.1, 0.15) is 17.0 Å². The van der Waals surface area contributed by atoms with Gasteiger partial charge in [-0.2, -0.15) is 5.26 Å². The van der Waals surface area contributed by atoms with Gasteiger partial charge in [0.15, 0.2) is 0 Å². The van der Waals surface area contributed by atoms with Gasteiger partial charge in [-0.05, 0) is 68.2 Å². The lowest BCUT2D eigenvalue weighted by molar-refractivity contribution is 0.305. The fourth-order valence-electron chi connectivity index (χ4n) is 3.70. The highest BCUT2D eigenvalue weighted by Gasteiger charge is 2.09. The van der Waals surface area contributed by atoms with Crippen LogP contribution in [0.15, 0.2) is 89.4 Å². The quantitative estimate of drug-likeness (QED) is 0.273. The molecule has 154 valence electrons. The Bertz CT molecular complexity index is 1470. The number of H-pyrrole nitrogens is 1. The Kier molecular flexibility index (Phi) is 5.45. The molecule has 0 aliphatic heterocycles. The number of ether oxygens (including phenoxy) is 1. The average molecular weight is 480 g/mol. The summed E-state index contributed by atoms with van der Waals surface area (Å²) in [6, 6.07) is 30.3. The summed E-state index contributed by atoms with van der Waals surface area (Å²) in [6.07, 6.45) is 1.82. The number of nitrogens with one attached hydrogen (secondary N) is 1. The number of aromatic amines is 1. The van der Waals surface area contributed by atoms with Crippen LogP contribution in [0.4, 0.5) is 0 Å². The SMILES string of the molecule is N#C/C(=C/c1ccc(OCc2cccc3ccccc23)c(Br)c1)c1nc2ccccc2[nH]1. The smallest absolute Gasteiger partial charge is 0.149 e. The van der Waals surface area contributed by atoms with E-state index in [9.17, 15) is 5.26 Å². The van der Waals surface area contributed by atoms with E-state index >= 15 is 0 Å². The first-order valence-electron chi connectivity index (χ1n) is 10.2. The monoisotopic (exact) mass is 479 g/mol. The minimum atomic E-state index is 0.470. The van der Waals surface area contributed by atoms with E-state index in [1.54, 1.807) is 0 Å². The number of nitriles is 1. The number of allylic oxidation sites excluding steroid dienone is 1. The molecule has 0 aliphatic rings. The molecule has 0 unspecified atom stereocenters. The summed E-state index contributed by atoms with van der Waals surface area (Å²) in [5.41, 5.74) is 4.23. The summed E-state index contributed by atoms with van der Waals surface area (Å²) in [5, 5.41) is 12.1. The number of halogens is 1. The van der Waals surface area contributed by atoms with E-state index in [0.29, 0.717) is 18.0 Å². The third kappa shape index (κ3) is 4.01. The Balaban J connectivity index is 1.38. The molecule has 0 radical (unpaired) electrons. The van der Waals surface area contributed by atoms with E-state index in [0.717, 1.165) is 32.4 Å². The van der Waals surface area contributed by atoms with Crippen LogP contribution in [0.25, 0.3) is 33.5 Å². The number of imidazole rings is 1. The van der Waals surface area contributed by atoms with Gasteiger partial charge in [-0.25, -0.2) is 4.98 Å². The molecule has 4 aromatic carbocycles. The molecule has 5 rings (SSSR count). The number of hydrogen-bond acceptors (Lipinski definition) is 3. The zero-order valence-corrected chi connectivity index (χ0v) is 18.6. The van der Waals surface area contributed by atoms with E-state index < -0.39 is 0 Å². The highest BCUT2D eigenvalue weighted by Crippen LogP contribution is 2.29. The van der Waals surface area contributed by atoms with Gasteiger partial charge in [-0.3, -0.25) is 0 Å². The molecule has 1 N–H and O–H groups in total. The molecule has 0 spiro atoms. The highest BCUT2D eigenvalue weighted by atomic mass is 79.9. The lowest BCUT2D eigenvalue weighted by Crippen LogP contribution is -1.97. The maximum absolute atomic E-state index is 9.67. The second kappa shape index (κ2) is 8.70. The molecule has 0 atom stereocenters. The van der Waals surface area contributed by atoms with Crippen molar-refractivity contribution in [2.24, 2.45) is 0 Å². The van der Waals surface area contributed by atoms with Gasteiger partial charge in [-0.1, -0.05) is 60.7 Å². The molecular formula is C27H18BrN3O. The van der Waals surface area contributed by atoms with Crippen LogP contribution in [0, 0.1) is 11.3 Å². The Morgan fingerprint density at radius 1 is 1.00 bits per heavy atom. The molecule has 0 amide bonds. The van der Waals surface area contributed by atoms with Crippen LogP contribution in [0.3, 0.4) is 0 Å². The van der Waals surface area contributed by atoms with Crippen molar-refractivity contribution in [3.8, 4) is 11.8 Å². The molecule has 0 bridgehead atoms. The number of benzene rings is 4. The van der Waals surface area contributed by atoms with Crippen LogP contribution < -0.4 is 4.74 Å². The molecule has 0 aliphatic carbocycles. The summed E-state index contributed by atoms with van der Waals surface area (Å²) < 4.78 is 6.92. The summed E-state index contributed by atoms with van der Waals surface area (Å²) in [7, 11) is 0. The van der Waals surface area contributed by atoms with Crippen LogP contribution in [0.2, 0.25) is 0 Å². The third-order valence-corrected chi connectivity index (χ3v) is 5.91. The standard InChI is InChI=1S/C27H18BrN3O/c28-23-15-18(14-21(16-29)27-30-24-10-3-4-11-25(24)31-27)12-13-26(23)32-17-20-8-5-7-19-6-1-2-9-22(19)20/h1-15H,17H2,(H,30,31)/b21-14-. The number of nitrogens with zero attached hydrogens (tertiary/aromatic N) is 2. The predicted molar refractivity (Wildman–Crippen MR) is 132 cm³/mol. The molecule has 5 heteroatoms. The lowest BCUT2D eigenvalue weighted by atomic mass is 10.1. The van der Waals surface area contributed by atoms with Crippen molar-refractivity contribution in [2.75, 3.05) is 0 Å². The fourth-order valence-corrected chi connectivity index (χ4v) is 4.21. The normalized spacial score (nSPS) is 11.6. The number of para-hydroxylation sites is 2. The highest BCUT2D eigenvalue weighted by molar-refractivity contribution is 9.10. The Morgan fingerprint density at radius 2 is 1.81 bits per heavy atom. The van der Waals surface area contributed by atoms with Crippen molar-refractivity contribution < 1.29 is 4.74 Å².